The normalized spacial score (nSPS) is 11.7. The van der Waals surface area contributed by atoms with Crippen LogP contribution in [-0.4, -0.2) is 11.2 Å². The second kappa shape index (κ2) is 6.58. The lowest BCUT2D eigenvalue weighted by Gasteiger charge is -2.18. The summed E-state index contributed by atoms with van der Waals surface area (Å²) in [6.45, 7) is 0. The molecular formula is C13H11ClF3N3. The molecule has 3 nitrogen and oxygen atoms in total. The van der Waals surface area contributed by atoms with E-state index in [-0.39, 0.29) is 24.4 Å². The molecule has 1 heterocycles. The number of rotatable bonds is 5. The van der Waals surface area contributed by atoms with Gasteiger partial charge in [-0.05, 0) is 24.5 Å². The van der Waals surface area contributed by atoms with E-state index in [9.17, 15) is 13.2 Å². The summed E-state index contributed by atoms with van der Waals surface area (Å²) in [6.07, 6.45) is -4.24. The van der Waals surface area contributed by atoms with E-state index in [0.717, 1.165) is 0 Å². The highest BCUT2D eigenvalue weighted by molar-refractivity contribution is 6.29. The van der Waals surface area contributed by atoms with Gasteiger partial charge in [-0.1, -0.05) is 17.7 Å². The predicted octanol–water partition coefficient (Wildman–Crippen LogP) is 4.04. The van der Waals surface area contributed by atoms with E-state index in [1.807, 2.05) is 12.1 Å². The fraction of sp³-hybridized carbons (Fsp3) is 0.462. The zero-order valence-electron chi connectivity index (χ0n) is 10.4. The number of nitrogens with zero attached hydrogens (tertiary/aromatic N) is 3. The first-order valence-electron chi connectivity index (χ1n) is 5.80. The van der Waals surface area contributed by atoms with Crippen molar-refractivity contribution in [3.05, 3.63) is 29.0 Å². The van der Waals surface area contributed by atoms with Crippen LogP contribution in [0.5, 0.6) is 0 Å². The van der Waals surface area contributed by atoms with Crippen LogP contribution in [0.25, 0.3) is 0 Å². The first kappa shape index (κ1) is 16.3. The van der Waals surface area contributed by atoms with Gasteiger partial charge in [0.25, 0.3) is 0 Å². The summed E-state index contributed by atoms with van der Waals surface area (Å²) < 4.78 is 36.4. The van der Waals surface area contributed by atoms with E-state index in [2.05, 4.69) is 4.98 Å². The standard InChI is InChI=1S/C13H11ClF3N3/c14-11-3-2-10(7-20-11)6-12(8-18,9-19)4-1-5-13(15,16)17/h2-3,7H,1,4-6H2. The highest BCUT2D eigenvalue weighted by atomic mass is 35.5. The van der Waals surface area contributed by atoms with Crippen LogP contribution in [0.2, 0.25) is 5.15 Å². The van der Waals surface area contributed by atoms with Crippen LogP contribution >= 0.6 is 11.6 Å². The van der Waals surface area contributed by atoms with Crippen LogP contribution in [0, 0.1) is 28.1 Å². The lowest BCUT2D eigenvalue weighted by Crippen LogP contribution is -2.21. The van der Waals surface area contributed by atoms with Crippen molar-refractivity contribution < 1.29 is 13.2 Å². The summed E-state index contributed by atoms with van der Waals surface area (Å²) in [7, 11) is 0. The lowest BCUT2D eigenvalue weighted by molar-refractivity contribution is -0.136. The van der Waals surface area contributed by atoms with E-state index in [0.29, 0.717) is 5.56 Å². The largest absolute Gasteiger partial charge is 0.389 e. The number of pyridine rings is 1. The Bertz CT molecular complexity index is 512. The van der Waals surface area contributed by atoms with Gasteiger partial charge in [0.05, 0.1) is 12.1 Å². The van der Waals surface area contributed by atoms with Gasteiger partial charge < -0.3 is 0 Å². The molecule has 0 aliphatic heterocycles. The molecule has 0 saturated carbocycles. The SMILES string of the molecule is N#CC(C#N)(CCCC(F)(F)F)Cc1ccc(Cl)nc1. The Morgan fingerprint density at radius 3 is 2.25 bits per heavy atom. The van der Waals surface area contributed by atoms with Crippen molar-refractivity contribution in [1.82, 2.24) is 4.98 Å². The number of hydrogen-bond acceptors (Lipinski definition) is 3. The summed E-state index contributed by atoms with van der Waals surface area (Å²) in [4.78, 5) is 3.82. The van der Waals surface area contributed by atoms with E-state index in [4.69, 9.17) is 22.1 Å². The number of hydrogen-bond donors (Lipinski definition) is 0. The molecule has 0 aromatic carbocycles. The van der Waals surface area contributed by atoms with Crippen LogP contribution in [-0.2, 0) is 6.42 Å². The van der Waals surface area contributed by atoms with E-state index < -0.39 is 18.0 Å². The summed E-state index contributed by atoms with van der Waals surface area (Å²) in [6, 6.07) is 6.76. The fourth-order valence-corrected chi connectivity index (χ4v) is 1.87. The molecule has 20 heavy (non-hydrogen) atoms. The van der Waals surface area contributed by atoms with Gasteiger partial charge in [0.2, 0.25) is 0 Å². The molecule has 0 atom stereocenters. The van der Waals surface area contributed by atoms with Crippen molar-refractivity contribution >= 4 is 11.6 Å². The molecule has 0 aliphatic carbocycles. The van der Waals surface area contributed by atoms with E-state index in [1.165, 1.54) is 12.3 Å². The zero-order valence-corrected chi connectivity index (χ0v) is 11.2. The highest BCUT2D eigenvalue weighted by Gasteiger charge is 2.33. The molecule has 1 aromatic rings. The van der Waals surface area contributed by atoms with Gasteiger partial charge in [-0.15, -0.1) is 0 Å². The van der Waals surface area contributed by atoms with Crippen LogP contribution in [0.4, 0.5) is 13.2 Å². The van der Waals surface area contributed by atoms with Crippen molar-refractivity contribution in [1.29, 1.82) is 10.5 Å². The number of nitriles is 2. The topological polar surface area (TPSA) is 60.5 Å². The van der Waals surface area contributed by atoms with Crippen LogP contribution in [0.1, 0.15) is 24.8 Å². The molecule has 7 heteroatoms. The van der Waals surface area contributed by atoms with Crippen molar-refractivity contribution in [3.63, 3.8) is 0 Å². The van der Waals surface area contributed by atoms with Crippen LogP contribution in [0.15, 0.2) is 18.3 Å². The van der Waals surface area contributed by atoms with E-state index >= 15 is 0 Å². The summed E-state index contributed by atoms with van der Waals surface area (Å²) in [5.74, 6) is 0. The highest BCUT2D eigenvalue weighted by Crippen LogP contribution is 2.31. The predicted molar refractivity (Wildman–Crippen MR) is 66.5 cm³/mol. The zero-order chi connectivity index (χ0) is 15.2. The second-order valence-electron chi connectivity index (χ2n) is 4.44. The maximum Gasteiger partial charge on any atom is 0.389 e. The van der Waals surface area contributed by atoms with E-state index in [1.54, 1.807) is 6.07 Å². The molecule has 1 aromatic heterocycles. The second-order valence-corrected chi connectivity index (χ2v) is 4.83. The van der Waals surface area contributed by atoms with Crippen LogP contribution in [0.3, 0.4) is 0 Å². The Labute approximate surface area is 119 Å². The third-order valence-corrected chi connectivity index (χ3v) is 3.01. The van der Waals surface area contributed by atoms with Gasteiger partial charge in [-0.2, -0.15) is 23.7 Å². The number of aromatic nitrogens is 1. The van der Waals surface area contributed by atoms with Crippen molar-refractivity contribution in [2.45, 2.75) is 31.9 Å². The molecule has 0 fully saturated rings. The molecule has 106 valence electrons. The minimum absolute atomic E-state index is 0.0298. The van der Waals surface area contributed by atoms with Gasteiger partial charge >= 0.3 is 6.18 Å². The molecule has 0 spiro atoms. The van der Waals surface area contributed by atoms with Gasteiger partial charge in [-0.25, -0.2) is 4.98 Å². The Balaban J connectivity index is 2.75. The van der Waals surface area contributed by atoms with Gasteiger partial charge in [0, 0.05) is 19.0 Å². The monoisotopic (exact) mass is 301 g/mol. The Kier molecular flexibility index (Phi) is 5.35. The molecular weight excluding hydrogens is 291 g/mol. The minimum Gasteiger partial charge on any atom is -0.244 e. The Morgan fingerprint density at radius 1 is 1.15 bits per heavy atom. The molecule has 0 radical (unpaired) electrons. The quantitative estimate of drug-likeness (QED) is 0.771. The first-order chi connectivity index (χ1) is 9.30. The average molecular weight is 302 g/mol. The smallest absolute Gasteiger partial charge is 0.244 e. The molecule has 0 N–H and O–H groups in total. The third-order valence-electron chi connectivity index (χ3n) is 2.79. The van der Waals surface area contributed by atoms with Crippen LogP contribution < -0.4 is 0 Å². The molecule has 0 saturated heterocycles. The third kappa shape index (κ3) is 5.07. The average Bonchev–Trinajstić information content (AvgIpc) is 2.39. The van der Waals surface area contributed by atoms with Crippen molar-refractivity contribution in [2.75, 3.05) is 0 Å². The first-order valence-corrected chi connectivity index (χ1v) is 6.18. The molecule has 1 rings (SSSR count). The van der Waals surface area contributed by atoms with Gasteiger partial charge in [-0.3, -0.25) is 0 Å². The van der Waals surface area contributed by atoms with Gasteiger partial charge in [0.15, 0.2) is 0 Å². The molecule has 0 unspecified atom stereocenters. The molecule has 0 bridgehead atoms. The molecule has 0 amide bonds. The summed E-state index contributed by atoms with van der Waals surface area (Å²) in [5.41, 5.74) is -0.884. The van der Waals surface area contributed by atoms with Gasteiger partial charge in [0.1, 0.15) is 10.6 Å². The summed E-state index contributed by atoms with van der Waals surface area (Å²) in [5, 5.41) is 18.5. The minimum atomic E-state index is -4.28. The summed E-state index contributed by atoms with van der Waals surface area (Å²) >= 11 is 5.62. The Hall–Kier alpha value is -1.79. The van der Waals surface area contributed by atoms with Crippen molar-refractivity contribution in [2.24, 2.45) is 5.41 Å². The molecule has 0 aliphatic rings. The fourth-order valence-electron chi connectivity index (χ4n) is 1.75. The lowest BCUT2D eigenvalue weighted by atomic mass is 9.80. The maximum atomic E-state index is 12.1. The number of alkyl halides is 3. The Morgan fingerprint density at radius 2 is 1.80 bits per heavy atom. The van der Waals surface area contributed by atoms with Crippen molar-refractivity contribution in [3.8, 4) is 12.1 Å². The number of halogens is 4. The maximum absolute atomic E-state index is 12.1.